The Bertz CT molecular complexity index is 688. The van der Waals surface area contributed by atoms with Gasteiger partial charge in [-0.05, 0) is 30.7 Å². The summed E-state index contributed by atoms with van der Waals surface area (Å²) in [6.07, 6.45) is 1.69. The normalized spacial score (nSPS) is 12.0. The van der Waals surface area contributed by atoms with Crippen molar-refractivity contribution < 1.29 is 8.95 Å². The van der Waals surface area contributed by atoms with Crippen LogP contribution in [0.25, 0.3) is 0 Å². The number of benzene rings is 2. The Labute approximate surface area is 139 Å². The third kappa shape index (κ3) is 4.49. The number of methoxy groups -OCH3 is 1. The number of hydrogen-bond donors (Lipinski definition) is 1. The van der Waals surface area contributed by atoms with Crippen molar-refractivity contribution in [3.05, 3.63) is 58.1 Å². The first-order valence-electron chi connectivity index (χ1n) is 6.95. The van der Waals surface area contributed by atoms with Crippen LogP contribution in [-0.4, -0.2) is 17.6 Å². The van der Waals surface area contributed by atoms with Crippen molar-refractivity contribution in [2.24, 2.45) is 0 Å². The van der Waals surface area contributed by atoms with Gasteiger partial charge in [-0.25, -0.2) is 0 Å². The summed E-state index contributed by atoms with van der Waals surface area (Å²) in [6, 6.07) is 11.8. The van der Waals surface area contributed by atoms with Gasteiger partial charge in [-0.3, -0.25) is 4.21 Å². The lowest BCUT2D eigenvalue weighted by molar-refractivity contribution is 0.410. The Kier molecular flexibility index (Phi) is 5.86. The van der Waals surface area contributed by atoms with Crippen LogP contribution in [0.4, 0.5) is 5.69 Å². The summed E-state index contributed by atoms with van der Waals surface area (Å²) in [4.78, 5) is 0. The molecular formula is C17H20ClNO2S. The fourth-order valence-electron chi connectivity index (χ4n) is 2.27. The summed E-state index contributed by atoms with van der Waals surface area (Å²) in [6.45, 7) is 2.66. The van der Waals surface area contributed by atoms with Gasteiger partial charge in [0.25, 0.3) is 0 Å². The molecule has 118 valence electrons. The van der Waals surface area contributed by atoms with Gasteiger partial charge in [0.2, 0.25) is 0 Å². The molecule has 2 aromatic rings. The van der Waals surface area contributed by atoms with Gasteiger partial charge in [0.15, 0.2) is 0 Å². The summed E-state index contributed by atoms with van der Waals surface area (Å²) in [5.74, 6) is 1.37. The molecule has 1 unspecified atom stereocenters. The van der Waals surface area contributed by atoms with Gasteiger partial charge in [0.05, 0.1) is 17.8 Å². The number of anilines is 1. The van der Waals surface area contributed by atoms with Gasteiger partial charge < -0.3 is 10.1 Å². The van der Waals surface area contributed by atoms with E-state index in [0.717, 1.165) is 22.6 Å². The van der Waals surface area contributed by atoms with E-state index in [1.54, 1.807) is 13.4 Å². The van der Waals surface area contributed by atoms with Gasteiger partial charge in [-0.15, -0.1) is 0 Å². The van der Waals surface area contributed by atoms with E-state index >= 15 is 0 Å². The second kappa shape index (κ2) is 7.65. The Morgan fingerprint density at radius 2 is 2.00 bits per heavy atom. The van der Waals surface area contributed by atoms with Crippen LogP contribution in [0.5, 0.6) is 5.75 Å². The monoisotopic (exact) mass is 337 g/mol. The van der Waals surface area contributed by atoms with E-state index in [4.69, 9.17) is 16.3 Å². The topological polar surface area (TPSA) is 38.3 Å². The number of ether oxygens (including phenoxy) is 1. The Hall–Kier alpha value is -1.52. The predicted octanol–water partition coefficient (Wildman–Crippen LogP) is 4.15. The minimum atomic E-state index is -0.870. The van der Waals surface area contributed by atoms with E-state index in [9.17, 15) is 4.21 Å². The molecule has 2 aromatic carbocycles. The van der Waals surface area contributed by atoms with Crippen molar-refractivity contribution in [2.45, 2.75) is 19.2 Å². The van der Waals surface area contributed by atoms with Crippen LogP contribution in [0.15, 0.2) is 36.4 Å². The second-order valence-corrected chi connectivity index (χ2v) is 7.04. The molecule has 0 bridgehead atoms. The molecule has 0 saturated carbocycles. The predicted molar refractivity (Wildman–Crippen MR) is 94.3 cm³/mol. The lowest BCUT2D eigenvalue weighted by Gasteiger charge is -2.13. The average Bonchev–Trinajstić information content (AvgIpc) is 2.47. The molecule has 0 fully saturated rings. The molecule has 0 aromatic heterocycles. The molecule has 0 radical (unpaired) electrons. The molecule has 0 amide bonds. The zero-order valence-electron chi connectivity index (χ0n) is 13.0. The first-order valence-corrected chi connectivity index (χ1v) is 9.06. The fraction of sp³-hybridized carbons (Fsp3) is 0.294. The third-order valence-electron chi connectivity index (χ3n) is 3.31. The van der Waals surface area contributed by atoms with Crippen LogP contribution in [0.3, 0.4) is 0 Å². The number of nitrogens with one attached hydrogen (secondary N) is 1. The zero-order valence-corrected chi connectivity index (χ0v) is 14.6. The quantitative estimate of drug-likeness (QED) is 0.860. The highest BCUT2D eigenvalue weighted by atomic mass is 35.5. The highest BCUT2D eigenvalue weighted by molar-refractivity contribution is 7.83. The van der Waals surface area contributed by atoms with Gasteiger partial charge in [-0.2, -0.15) is 0 Å². The lowest BCUT2D eigenvalue weighted by atomic mass is 10.1. The maximum atomic E-state index is 11.4. The first-order chi connectivity index (χ1) is 10.5. The van der Waals surface area contributed by atoms with Crippen molar-refractivity contribution in [3.8, 4) is 5.75 Å². The molecule has 0 heterocycles. The van der Waals surface area contributed by atoms with E-state index < -0.39 is 10.8 Å². The maximum Gasteiger partial charge on any atom is 0.123 e. The molecule has 0 aliphatic carbocycles. The van der Waals surface area contributed by atoms with Gasteiger partial charge in [0, 0.05) is 34.9 Å². The SMILES string of the molecule is COc1ccc(C)cc1CNc1cc(CS(C)=O)ccc1Cl. The van der Waals surface area contributed by atoms with Crippen LogP contribution < -0.4 is 10.1 Å². The molecule has 0 aliphatic rings. The zero-order chi connectivity index (χ0) is 16.1. The number of halogens is 1. The molecule has 22 heavy (non-hydrogen) atoms. The second-order valence-electron chi connectivity index (χ2n) is 5.20. The van der Waals surface area contributed by atoms with E-state index in [0.29, 0.717) is 17.3 Å². The lowest BCUT2D eigenvalue weighted by Crippen LogP contribution is -2.03. The molecule has 1 N–H and O–H groups in total. The van der Waals surface area contributed by atoms with Crippen molar-refractivity contribution in [3.63, 3.8) is 0 Å². The van der Waals surface area contributed by atoms with Crippen molar-refractivity contribution in [2.75, 3.05) is 18.7 Å². The van der Waals surface area contributed by atoms with Gasteiger partial charge in [-0.1, -0.05) is 35.4 Å². The highest BCUT2D eigenvalue weighted by Gasteiger charge is 2.07. The smallest absolute Gasteiger partial charge is 0.123 e. The van der Waals surface area contributed by atoms with Crippen LogP contribution in [0, 0.1) is 6.92 Å². The summed E-state index contributed by atoms with van der Waals surface area (Å²) in [5.41, 5.74) is 4.10. The van der Waals surface area contributed by atoms with E-state index in [1.807, 2.05) is 37.3 Å². The minimum absolute atomic E-state index is 0.527. The van der Waals surface area contributed by atoms with Crippen molar-refractivity contribution in [1.82, 2.24) is 0 Å². The molecule has 0 saturated heterocycles. The molecule has 1 atom stereocenters. The largest absolute Gasteiger partial charge is 0.496 e. The number of hydrogen-bond acceptors (Lipinski definition) is 3. The molecule has 0 aliphatic heterocycles. The van der Waals surface area contributed by atoms with Crippen LogP contribution >= 0.6 is 11.6 Å². The van der Waals surface area contributed by atoms with Gasteiger partial charge in [0.1, 0.15) is 5.75 Å². The summed E-state index contributed by atoms with van der Waals surface area (Å²) < 4.78 is 16.7. The summed E-state index contributed by atoms with van der Waals surface area (Å²) >= 11 is 6.23. The molecular weight excluding hydrogens is 318 g/mol. The van der Waals surface area contributed by atoms with Crippen LogP contribution in [0.1, 0.15) is 16.7 Å². The summed E-state index contributed by atoms with van der Waals surface area (Å²) in [5, 5.41) is 3.98. The molecule has 2 rings (SSSR count). The molecule has 5 heteroatoms. The highest BCUT2D eigenvalue weighted by Crippen LogP contribution is 2.26. The number of rotatable bonds is 6. The van der Waals surface area contributed by atoms with E-state index in [1.165, 1.54) is 5.56 Å². The Balaban J connectivity index is 2.17. The van der Waals surface area contributed by atoms with E-state index in [2.05, 4.69) is 11.4 Å². The minimum Gasteiger partial charge on any atom is -0.496 e. The van der Waals surface area contributed by atoms with Crippen molar-refractivity contribution in [1.29, 1.82) is 0 Å². The average molecular weight is 338 g/mol. The first kappa shape index (κ1) is 16.8. The Morgan fingerprint density at radius 3 is 2.68 bits per heavy atom. The van der Waals surface area contributed by atoms with Gasteiger partial charge >= 0.3 is 0 Å². The fourth-order valence-corrected chi connectivity index (χ4v) is 3.10. The molecule has 3 nitrogen and oxygen atoms in total. The van der Waals surface area contributed by atoms with Crippen LogP contribution in [-0.2, 0) is 23.1 Å². The standard InChI is InChI=1S/C17H20ClNO2S/c1-12-4-7-17(21-2)14(8-12)10-19-16-9-13(11-22(3)20)5-6-15(16)18/h4-9,19H,10-11H2,1-3H3. The maximum absolute atomic E-state index is 11.4. The van der Waals surface area contributed by atoms with Crippen molar-refractivity contribution >= 4 is 28.1 Å². The third-order valence-corrected chi connectivity index (χ3v) is 4.38. The Morgan fingerprint density at radius 1 is 1.23 bits per heavy atom. The number of aryl methyl sites for hydroxylation is 1. The van der Waals surface area contributed by atoms with E-state index in [-0.39, 0.29) is 0 Å². The summed E-state index contributed by atoms with van der Waals surface area (Å²) in [7, 11) is 0.795. The molecule has 0 spiro atoms. The van der Waals surface area contributed by atoms with Crippen LogP contribution in [0.2, 0.25) is 5.02 Å².